The third kappa shape index (κ3) is 3.20. The maximum atomic E-state index is 5.44. The molecule has 2 heterocycles. The number of rotatable bonds is 6. The number of anilines is 1. The van der Waals surface area contributed by atoms with Crippen molar-refractivity contribution in [3.8, 4) is 5.88 Å². The SMILES string of the molecule is CCOc1ncnc(NCCc2ccsc2)c1C. The molecule has 0 radical (unpaired) electrons. The van der Waals surface area contributed by atoms with Crippen molar-refractivity contribution in [3.63, 3.8) is 0 Å². The summed E-state index contributed by atoms with van der Waals surface area (Å²) in [4.78, 5) is 8.36. The summed E-state index contributed by atoms with van der Waals surface area (Å²) in [6.45, 7) is 5.40. The van der Waals surface area contributed by atoms with E-state index in [1.165, 1.54) is 11.9 Å². The average Bonchev–Trinajstić information content (AvgIpc) is 2.87. The Hall–Kier alpha value is -1.62. The minimum Gasteiger partial charge on any atom is -0.478 e. The first-order chi connectivity index (χ1) is 8.81. The predicted molar refractivity (Wildman–Crippen MR) is 74.5 cm³/mol. The van der Waals surface area contributed by atoms with Gasteiger partial charge >= 0.3 is 0 Å². The zero-order valence-corrected chi connectivity index (χ0v) is 11.5. The Morgan fingerprint density at radius 1 is 1.39 bits per heavy atom. The molecule has 18 heavy (non-hydrogen) atoms. The summed E-state index contributed by atoms with van der Waals surface area (Å²) in [6.07, 6.45) is 2.53. The number of aromatic nitrogens is 2. The average molecular weight is 263 g/mol. The Morgan fingerprint density at radius 3 is 3.00 bits per heavy atom. The van der Waals surface area contributed by atoms with Crippen LogP contribution in [0, 0.1) is 6.92 Å². The van der Waals surface area contributed by atoms with Crippen LogP contribution < -0.4 is 10.1 Å². The molecule has 0 aliphatic carbocycles. The molecule has 0 saturated carbocycles. The van der Waals surface area contributed by atoms with Gasteiger partial charge in [0.1, 0.15) is 12.1 Å². The maximum Gasteiger partial charge on any atom is 0.221 e. The fourth-order valence-corrected chi connectivity index (χ4v) is 2.36. The molecule has 0 spiro atoms. The van der Waals surface area contributed by atoms with Gasteiger partial charge in [-0.1, -0.05) is 0 Å². The fourth-order valence-electron chi connectivity index (χ4n) is 1.65. The lowest BCUT2D eigenvalue weighted by atomic mass is 10.2. The van der Waals surface area contributed by atoms with Gasteiger partial charge in [0.15, 0.2) is 0 Å². The lowest BCUT2D eigenvalue weighted by Gasteiger charge is -2.10. The van der Waals surface area contributed by atoms with Crippen LogP contribution >= 0.6 is 11.3 Å². The zero-order chi connectivity index (χ0) is 12.8. The Kier molecular flexibility index (Phi) is 4.52. The molecule has 0 bridgehead atoms. The second kappa shape index (κ2) is 6.35. The molecule has 0 aliphatic heterocycles. The second-order valence-electron chi connectivity index (χ2n) is 3.89. The smallest absolute Gasteiger partial charge is 0.221 e. The fraction of sp³-hybridized carbons (Fsp3) is 0.385. The van der Waals surface area contributed by atoms with E-state index in [9.17, 15) is 0 Å². The van der Waals surface area contributed by atoms with Gasteiger partial charge in [0.05, 0.1) is 12.2 Å². The first-order valence-electron chi connectivity index (χ1n) is 6.00. The predicted octanol–water partition coefficient (Wildman–Crippen LogP) is 2.90. The monoisotopic (exact) mass is 263 g/mol. The van der Waals surface area contributed by atoms with E-state index in [0.29, 0.717) is 12.5 Å². The molecule has 0 aromatic carbocycles. The molecule has 0 amide bonds. The third-order valence-corrected chi connectivity index (χ3v) is 3.34. The van der Waals surface area contributed by atoms with Crippen molar-refractivity contribution < 1.29 is 4.74 Å². The molecule has 2 aromatic rings. The molecule has 0 saturated heterocycles. The number of nitrogens with one attached hydrogen (secondary N) is 1. The van der Waals surface area contributed by atoms with E-state index in [1.54, 1.807) is 11.3 Å². The van der Waals surface area contributed by atoms with Gasteiger partial charge in [-0.05, 0) is 42.7 Å². The van der Waals surface area contributed by atoms with Gasteiger partial charge in [0, 0.05) is 6.54 Å². The highest BCUT2D eigenvalue weighted by molar-refractivity contribution is 7.07. The number of hydrogen-bond acceptors (Lipinski definition) is 5. The highest BCUT2D eigenvalue weighted by Crippen LogP contribution is 2.20. The van der Waals surface area contributed by atoms with Crippen molar-refractivity contribution >= 4 is 17.2 Å². The highest BCUT2D eigenvalue weighted by Gasteiger charge is 2.06. The lowest BCUT2D eigenvalue weighted by molar-refractivity contribution is 0.324. The largest absolute Gasteiger partial charge is 0.478 e. The first-order valence-corrected chi connectivity index (χ1v) is 6.95. The molecule has 4 nitrogen and oxygen atoms in total. The molecule has 2 rings (SSSR count). The van der Waals surface area contributed by atoms with Crippen LogP contribution in [0.5, 0.6) is 5.88 Å². The second-order valence-corrected chi connectivity index (χ2v) is 4.67. The Labute approximate surface area is 111 Å². The molecule has 1 N–H and O–H groups in total. The summed E-state index contributed by atoms with van der Waals surface area (Å²) in [5.41, 5.74) is 2.31. The topological polar surface area (TPSA) is 47.0 Å². The molecule has 0 fully saturated rings. The van der Waals surface area contributed by atoms with Crippen molar-refractivity contribution in [3.05, 3.63) is 34.3 Å². The quantitative estimate of drug-likeness (QED) is 0.870. The van der Waals surface area contributed by atoms with Crippen LogP contribution in [-0.2, 0) is 6.42 Å². The summed E-state index contributed by atoms with van der Waals surface area (Å²) < 4.78 is 5.44. The number of nitrogens with zero attached hydrogens (tertiary/aromatic N) is 2. The van der Waals surface area contributed by atoms with E-state index < -0.39 is 0 Å². The summed E-state index contributed by atoms with van der Waals surface area (Å²) in [5.74, 6) is 1.51. The van der Waals surface area contributed by atoms with Crippen LogP contribution in [0.4, 0.5) is 5.82 Å². The van der Waals surface area contributed by atoms with Gasteiger partial charge in [0.2, 0.25) is 5.88 Å². The molecule has 0 atom stereocenters. The van der Waals surface area contributed by atoms with Gasteiger partial charge in [-0.15, -0.1) is 0 Å². The van der Waals surface area contributed by atoms with Crippen molar-refractivity contribution in [1.29, 1.82) is 0 Å². The summed E-state index contributed by atoms with van der Waals surface area (Å²) >= 11 is 1.72. The van der Waals surface area contributed by atoms with E-state index in [2.05, 4.69) is 32.1 Å². The summed E-state index contributed by atoms with van der Waals surface area (Å²) in [5, 5.41) is 7.59. The molecule has 5 heteroatoms. The minimum atomic E-state index is 0.617. The van der Waals surface area contributed by atoms with Crippen LogP contribution in [0.1, 0.15) is 18.1 Å². The Bertz CT molecular complexity index is 485. The number of thiophene rings is 1. The lowest BCUT2D eigenvalue weighted by Crippen LogP contribution is -2.09. The number of hydrogen-bond donors (Lipinski definition) is 1. The van der Waals surface area contributed by atoms with E-state index in [1.807, 2.05) is 13.8 Å². The minimum absolute atomic E-state index is 0.617. The van der Waals surface area contributed by atoms with Crippen molar-refractivity contribution in [2.75, 3.05) is 18.5 Å². The van der Waals surface area contributed by atoms with E-state index >= 15 is 0 Å². The van der Waals surface area contributed by atoms with E-state index in [4.69, 9.17) is 4.74 Å². The molecular formula is C13H17N3OS. The van der Waals surface area contributed by atoms with Gasteiger partial charge in [0.25, 0.3) is 0 Å². The third-order valence-electron chi connectivity index (χ3n) is 2.61. The van der Waals surface area contributed by atoms with Crippen molar-refractivity contribution in [2.24, 2.45) is 0 Å². The maximum absolute atomic E-state index is 5.44. The summed E-state index contributed by atoms with van der Waals surface area (Å²) in [7, 11) is 0. The van der Waals surface area contributed by atoms with Crippen LogP contribution in [0.15, 0.2) is 23.2 Å². The Balaban J connectivity index is 1.94. The first kappa shape index (κ1) is 12.8. The van der Waals surface area contributed by atoms with Gasteiger partial charge in [-0.3, -0.25) is 0 Å². The molecule has 96 valence electrons. The highest BCUT2D eigenvalue weighted by atomic mass is 32.1. The Morgan fingerprint density at radius 2 is 2.28 bits per heavy atom. The van der Waals surface area contributed by atoms with E-state index in [-0.39, 0.29) is 0 Å². The van der Waals surface area contributed by atoms with Crippen LogP contribution in [0.2, 0.25) is 0 Å². The standard InChI is InChI=1S/C13H17N3OS/c1-3-17-13-10(2)12(15-9-16-13)14-6-4-11-5-7-18-8-11/h5,7-9H,3-4,6H2,1-2H3,(H,14,15,16). The van der Waals surface area contributed by atoms with Gasteiger partial charge < -0.3 is 10.1 Å². The molecule has 0 aliphatic rings. The van der Waals surface area contributed by atoms with Gasteiger partial charge in [-0.25, -0.2) is 9.97 Å². The van der Waals surface area contributed by atoms with Crippen LogP contribution in [-0.4, -0.2) is 23.1 Å². The molecule has 0 unspecified atom stereocenters. The molecule has 2 aromatic heterocycles. The van der Waals surface area contributed by atoms with Crippen LogP contribution in [0.3, 0.4) is 0 Å². The van der Waals surface area contributed by atoms with Crippen LogP contribution in [0.25, 0.3) is 0 Å². The number of ether oxygens (including phenoxy) is 1. The van der Waals surface area contributed by atoms with Crippen molar-refractivity contribution in [1.82, 2.24) is 9.97 Å². The van der Waals surface area contributed by atoms with Gasteiger partial charge in [-0.2, -0.15) is 11.3 Å². The normalized spacial score (nSPS) is 10.3. The zero-order valence-electron chi connectivity index (χ0n) is 10.6. The van der Waals surface area contributed by atoms with Crippen molar-refractivity contribution in [2.45, 2.75) is 20.3 Å². The van der Waals surface area contributed by atoms with E-state index in [0.717, 1.165) is 24.3 Å². The summed E-state index contributed by atoms with van der Waals surface area (Å²) in [6, 6.07) is 2.14. The molecular weight excluding hydrogens is 246 g/mol.